The van der Waals surface area contributed by atoms with Gasteiger partial charge in [-0.2, -0.15) is 4.31 Å². The van der Waals surface area contributed by atoms with Gasteiger partial charge in [0.15, 0.2) is 6.10 Å². The minimum Gasteiger partial charge on any atom is -0.479 e. The number of carbonyl (C=O) groups excluding carboxylic acids is 1. The predicted molar refractivity (Wildman–Crippen MR) is 112 cm³/mol. The Labute approximate surface area is 175 Å². The van der Waals surface area contributed by atoms with Crippen LogP contribution in [0, 0.1) is 0 Å². The minimum absolute atomic E-state index is 0.173. The minimum atomic E-state index is -3.54. The molecule has 6 nitrogen and oxygen atoms in total. The van der Waals surface area contributed by atoms with Gasteiger partial charge in [-0.05, 0) is 49.4 Å². The number of nitrogens with one attached hydrogen (secondary N) is 1. The third-order valence-corrected chi connectivity index (χ3v) is 6.63. The highest BCUT2D eigenvalue weighted by atomic mass is 35.5. The Hall–Kier alpha value is -1.80. The lowest BCUT2D eigenvalue weighted by Crippen LogP contribution is -2.31. The van der Waals surface area contributed by atoms with E-state index in [2.05, 4.69) is 5.32 Å². The van der Waals surface area contributed by atoms with Crippen LogP contribution in [0.25, 0.3) is 0 Å². The van der Waals surface area contributed by atoms with Crippen molar-refractivity contribution in [2.24, 2.45) is 0 Å². The zero-order valence-electron chi connectivity index (χ0n) is 15.8. The number of anilines is 1. The first kappa shape index (κ1) is 22.5. The highest BCUT2D eigenvalue weighted by Crippen LogP contribution is 2.28. The Bertz CT molecular complexity index is 929. The number of hydrogen-bond acceptors (Lipinski definition) is 4. The normalized spacial score (nSPS) is 12.6. The van der Waals surface area contributed by atoms with Crippen molar-refractivity contribution in [1.29, 1.82) is 0 Å². The Balaban J connectivity index is 2.06. The van der Waals surface area contributed by atoms with Gasteiger partial charge in [0, 0.05) is 23.8 Å². The molecule has 152 valence electrons. The van der Waals surface area contributed by atoms with Gasteiger partial charge in [-0.25, -0.2) is 8.42 Å². The summed E-state index contributed by atoms with van der Waals surface area (Å²) in [5.74, 6) is -0.0558. The summed E-state index contributed by atoms with van der Waals surface area (Å²) in [5.41, 5.74) is 0.459. The maximum atomic E-state index is 12.5. The molecule has 2 rings (SSSR count). The summed E-state index contributed by atoms with van der Waals surface area (Å²) in [7, 11) is -3.54. The quantitative estimate of drug-likeness (QED) is 0.652. The number of rotatable bonds is 8. The van der Waals surface area contributed by atoms with E-state index in [1.165, 1.54) is 34.6 Å². The molecule has 0 aliphatic heterocycles. The van der Waals surface area contributed by atoms with Gasteiger partial charge >= 0.3 is 0 Å². The van der Waals surface area contributed by atoms with Crippen LogP contribution < -0.4 is 10.1 Å². The van der Waals surface area contributed by atoms with Crippen molar-refractivity contribution >= 4 is 44.8 Å². The number of benzene rings is 2. The summed E-state index contributed by atoms with van der Waals surface area (Å²) < 4.78 is 31.9. The molecule has 2 aromatic rings. The summed E-state index contributed by atoms with van der Waals surface area (Å²) in [6.07, 6.45) is -0.822. The van der Waals surface area contributed by atoms with Crippen molar-refractivity contribution < 1.29 is 17.9 Å². The summed E-state index contributed by atoms with van der Waals surface area (Å²) in [6, 6.07) is 10.7. The molecule has 0 aliphatic rings. The fourth-order valence-electron chi connectivity index (χ4n) is 2.48. The molecular weight excluding hydrogens is 423 g/mol. The van der Waals surface area contributed by atoms with Crippen LogP contribution in [0.1, 0.15) is 20.8 Å². The smallest absolute Gasteiger partial charge is 0.265 e. The van der Waals surface area contributed by atoms with Crippen LogP contribution in [0.15, 0.2) is 47.4 Å². The lowest BCUT2D eigenvalue weighted by Gasteiger charge is -2.19. The van der Waals surface area contributed by atoms with Crippen LogP contribution in [0.4, 0.5) is 5.69 Å². The number of carbonyl (C=O) groups is 1. The van der Waals surface area contributed by atoms with E-state index < -0.39 is 22.0 Å². The summed E-state index contributed by atoms with van der Waals surface area (Å²) in [5, 5.41) is 3.46. The molecule has 0 saturated heterocycles. The lowest BCUT2D eigenvalue weighted by atomic mass is 10.3. The van der Waals surface area contributed by atoms with Crippen LogP contribution in [0.2, 0.25) is 10.0 Å². The number of hydrogen-bond donors (Lipinski definition) is 1. The Morgan fingerprint density at radius 3 is 2.25 bits per heavy atom. The standard InChI is InChI=1S/C19H22Cl2N2O4S/c1-4-23(5-2)28(25,26)16-9-7-15(8-10-16)22-19(24)13(3)27-18-11-6-14(20)12-17(18)21/h6-13H,4-5H2,1-3H3,(H,22,24)/t13-/m0/s1. The second kappa shape index (κ2) is 9.60. The third-order valence-electron chi connectivity index (χ3n) is 4.03. The van der Waals surface area contributed by atoms with Crippen molar-refractivity contribution in [3.63, 3.8) is 0 Å². The molecule has 0 bridgehead atoms. The molecular formula is C19H22Cl2N2O4S. The molecule has 1 N–H and O–H groups in total. The number of nitrogens with zero attached hydrogens (tertiary/aromatic N) is 1. The van der Waals surface area contributed by atoms with Crippen LogP contribution in [-0.4, -0.2) is 37.8 Å². The van der Waals surface area contributed by atoms with Crippen LogP contribution in [0.3, 0.4) is 0 Å². The van der Waals surface area contributed by atoms with Crippen molar-refractivity contribution in [2.45, 2.75) is 31.8 Å². The van der Waals surface area contributed by atoms with Gasteiger partial charge < -0.3 is 10.1 Å². The van der Waals surface area contributed by atoms with E-state index in [0.717, 1.165) is 0 Å². The highest BCUT2D eigenvalue weighted by molar-refractivity contribution is 7.89. The average molecular weight is 445 g/mol. The molecule has 9 heteroatoms. The maximum Gasteiger partial charge on any atom is 0.265 e. The van der Waals surface area contributed by atoms with E-state index >= 15 is 0 Å². The van der Waals surface area contributed by atoms with Crippen molar-refractivity contribution in [1.82, 2.24) is 4.31 Å². The van der Waals surface area contributed by atoms with Gasteiger partial charge in [0.05, 0.1) is 9.92 Å². The first-order valence-electron chi connectivity index (χ1n) is 8.71. The molecule has 0 heterocycles. The third kappa shape index (κ3) is 5.38. The molecule has 0 aromatic heterocycles. The number of amides is 1. The molecule has 28 heavy (non-hydrogen) atoms. The Kier molecular flexibility index (Phi) is 7.71. The molecule has 0 saturated carbocycles. The average Bonchev–Trinajstić information content (AvgIpc) is 2.65. The molecule has 1 atom stereocenters. The SMILES string of the molecule is CCN(CC)S(=O)(=O)c1ccc(NC(=O)[C@H](C)Oc2ccc(Cl)cc2Cl)cc1. The number of sulfonamides is 1. The molecule has 0 unspecified atom stereocenters. The van der Waals surface area contributed by atoms with E-state index in [4.69, 9.17) is 27.9 Å². The van der Waals surface area contributed by atoms with Gasteiger partial charge in [-0.15, -0.1) is 0 Å². The molecule has 0 fully saturated rings. The van der Waals surface area contributed by atoms with Crippen molar-refractivity contribution in [3.05, 3.63) is 52.5 Å². The van der Waals surface area contributed by atoms with Gasteiger partial charge in [-0.3, -0.25) is 4.79 Å². The monoisotopic (exact) mass is 444 g/mol. The zero-order valence-corrected chi connectivity index (χ0v) is 18.1. The second-order valence-electron chi connectivity index (χ2n) is 5.94. The van der Waals surface area contributed by atoms with E-state index in [-0.39, 0.29) is 4.90 Å². The maximum absolute atomic E-state index is 12.5. The first-order chi connectivity index (χ1) is 13.2. The van der Waals surface area contributed by atoms with E-state index in [0.29, 0.717) is 34.6 Å². The van der Waals surface area contributed by atoms with Crippen molar-refractivity contribution in [2.75, 3.05) is 18.4 Å². The van der Waals surface area contributed by atoms with E-state index in [9.17, 15) is 13.2 Å². The van der Waals surface area contributed by atoms with E-state index in [1.807, 2.05) is 0 Å². The van der Waals surface area contributed by atoms with Gasteiger partial charge in [0.25, 0.3) is 5.91 Å². The van der Waals surface area contributed by atoms with Crippen LogP contribution in [0.5, 0.6) is 5.75 Å². The molecule has 0 aliphatic carbocycles. The second-order valence-corrected chi connectivity index (χ2v) is 8.72. The Morgan fingerprint density at radius 1 is 1.11 bits per heavy atom. The molecule has 2 aromatic carbocycles. The molecule has 1 amide bonds. The predicted octanol–water partition coefficient (Wildman–Crippen LogP) is 4.43. The summed E-state index contributed by atoms with van der Waals surface area (Å²) in [4.78, 5) is 12.5. The first-order valence-corrected chi connectivity index (χ1v) is 10.9. The van der Waals surface area contributed by atoms with Crippen LogP contribution >= 0.6 is 23.2 Å². The largest absolute Gasteiger partial charge is 0.479 e. The van der Waals surface area contributed by atoms with Crippen LogP contribution in [-0.2, 0) is 14.8 Å². The number of ether oxygens (including phenoxy) is 1. The fourth-order valence-corrected chi connectivity index (χ4v) is 4.39. The molecule has 0 spiro atoms. The highest BCUT2D eigenvalue weighted by Gasteiger charge is 2.22. The topological polar surface area (TPSA) is 75.7 Å². The lowest BCUT2D eigenvalue weighted by molar-refractivity contribution is -0.122. The van der Waals surface area contributed by atoms with Gasteiger partial charge in [-0.1, -0.05) is 37.0 Å². The zero-order chi connectivity index (χ0) is 20.9. The fraction of sp³-hybridized carbons (Fsp3) is 0.316. The summed E-state index contributed by atoms with van der Waals surface area (Å²) >= 11 is 11.9. The van der Waals surface area contributed by atoms with Gasteiger partial charge in [0.2, 0.25) is 10.0 Å². The Morgan fingerprint density at radius 2 is 1.71 bits per heavy atom. The van der Waals surface area contributed by atoms with E-state index in [1.54, 1.807) is 32.9 Å². The van der Waals surface area contributed by atoms with Gasteiger partial charge in [0.1, 0.15) is 5.75 Å². The summed E-state index contributed by atoms with van der Waals surface area (Å²) in [6.45, 7) is 5.92. The molecule has 0 radical (unpaired) electrons. The number of halogens is 2. The van der Waals surface area contributed by atoms with Crippen molar-refractivity contribution in [3.8, 4) is 5.75 Å².